The van der Waals surface area contributed by atoms with Gasteiger partial charge in [0.2, 0.25) is 0 Å². The van der Waals surface area contributed by atoms with Gasteiger partial charge in [-0.25, -0.2) is 0 Å². The molecule has 1 N–H and O–H groups in total. The maximum Gasteiger partial charge on any atom is 0.124 e. The second kappa shape index (κ2) is 4.39. The van der Waals surface area contributed by atoms with Gasteiger partial charge in [-0.05, 0) is 29.3 Å². The SMILES string of the molecule is CC(NCc1ccon1)c1ccsc1. The second-order valence-electron chi connectivity index (χ2n) is 3.15. The quantitative estimate of drug-likeness (QED) is 0.839. The van der Waals surface area contributed by atoms with Crippen LogP contribution in [0.15, 0.2) is 33.7 Å². The van der Waals surface area contributed by atoms with Gasteiger partial charge < -0.3 is 9.84 Å². The Labute approximate surface area is 86.7 Å². The Kier molecular flexibility index (Phi) is 2.96. The van der Waals surface area contributed by atoms with Gasteiger partial charge in [0, 0.05) is 18.7 Å². The summed E-state index contributed by atoms with van der Waals surface area (Å²) in [5.74, 6) is 0. The van der Waals surface area contributed by atoms with E-state index in [1.54, 1.807) is 17.6 Å². The Hall–Kier alpha value is -1.13. The molecule has 0 aliphatic rings. The molecule has 2 heterocycles. The number of hydrogen-bond donors (Lipinski definition) is 1. The summed E-state index contributed by atoms with van der Waals surface area (Å²) in [6, 6.07) is 4.36. The minimum absolute atomic E-state index is 0.359. The average molecular weight is 208 g/mol. The summed E-state index contributed by atoms with van der Waals surface area (Å²) >= 11 is 1.72. The third-order valence-electron chi connectivity index (χ3n) is 2.12. The largest absolute Gasteiger partial charge is 0.364 e. The summed E-state index contributed by atoms with van der Waals surface area (Å²) in [5.41, 5.74) is 2.26. The van der Waals surface area contributed by atoms with Crippen LogP contribution in [0.2, 0.25) is 0 Å². The molecular formula is C10H12N2OS. The molecule has 0 amide bonds. The molecule has 0 saturated carbocycles. The van der Waals surface area contributed by atoms with Crippen LogP contribution in [0.4, 0.5) is 0 Å². The van der Waals surface area contributed by atoms with Crippen molar-refractivity contribution in [3.8, 4) is 0 Å². The molecule has 0 spiro atoms. The van der Waals surface area contributed by atoms with Crippen molar-refractivity contribution in [3.05, 3.63) is 40.4 Å². The van der Waals surface area contributed by atoms with E-state index in [0.29, 0.717) is 6.04 Å². The van der Waals surface area contributed by atoms with Gasteiger partial charge in [-0.1, -0.05) is 5.16 Å². The summed E-state index contributed by atoms with van der Waals surface area (Å²) in [5, 5.41) is 11.4. The number of nitrogens with one attached hydrogen (secondary N) is 1. The van der Waals surface area contributed by atoms with Gasteiger partial charge in [-0.3, -0.25) is 0 Å². The molecule has 0 radical (unpaired) electrons. The molecule has 2 rings (SSSR count). The van der Waals surface area contributed by atoms with E-state index in [1.165, 1.54) is 5.56 Å². The van der Waals surface area contributed by atoms with Gasteiger partial charge in [0.15, 0.2) is 0 Å². The summed E-state index contributed by atoms with van der Waals surface area (Å²) in [6.45, 7) is 2.88. The Morgan fingerprint density at radius 3 is 3.14 bits per heavy atom. The second-order valence-corrected chi connectivity index (χ2v) is 3.93. The maximum atomic E-state index is 4.75. The number of hydrogen-bond acceptors (Lipinski definition) is 4. The van der Waals surface area contributed by atoms with E-state index >= 15 is 0 Å². The van der Waals surface area contributed by atoms with Crippen LogP contribution in [-0.4, -0.2) is 5.16 Å². The topological polar surface area (TPSA) is 38.1 Å². The first-order valence-corrected chi connectivity index (χ1v) is 5.45. The lowest BCUT2D eigenvalue weighted by molar-refractivity contribution is 0.406. The average Bonchev–Trinajstić information content (AvgIpc) is 2.87. The van der Waals surface area contributed by atoms with E-state index in [-0.39, 0.29) is 0 Å². The van der Waals surface area contributed by atoms with Crippen molar-refractivity contribution in [1.82, 2.24) is 10.5 Å². The van der Waals surface area contributed by atoms with E-state index in [9.17, 15) is 0 Å². The fourth-order valence-corrected chi connectivity index (χ4v) is 1.98. The van der Waals surface area contributed by atoms with Crippen molar-refractivity contribution in [2.24, 2.45) is 0 Å². The van der Waals surface area contributed by atoms with Crippen LogP contribution in [0.25, 0.3) is 0 Å². The minimum atomic E-state index is 0.359. The van der Waals surface area contributed by atoms with Gasteiger partial charge in [-0.2, -0.15) is 11.3 Å². The van der Waals surface area contributed by atoms with Crippen molar-refractivity contribution in [2.45, 2.75) is 19.5 Å². The van der Waals surface area contributed by atoms with E-state index in [0.717, 1.165) is 12.2 Å². The van der Waals surface area contributed by atoms with Crippen LogP contribution in [0.3, 0.4) is 0 Å². The number of nitrogens with zero attached hydrogens (tertiary/aromatic N) is 1. The first kappa shape index (κ1) is 9.43. The van der Waals surface area contributed by atoms with E-state index in [4.69, 9.17) is 4.52 Å². The summed E-state index contributed by atoms with van der Waals surface area (Å²) < 4.78 is 4.75. The summed E-state index contributed by atoms with van der Waals surface area (Å²) in [7, 11) is 0. The van der Waals surface area contributed by atoms with Crippen LogP contribution < -0.4 is 5.32 Å². The Morgan fingerprint density at radius 2 is 2.50 bits per heavy atom. The number of rotatable bonds is 4. The van der Waals surface area contributed by atoms with E-state index in [1.807, 2.05) is 6.07 Å². The number of thiophene rings is 1. The molecule has 0 aromatic carbocycles. The molecule has 0 aliphatic carbocycles. The predicted octanol–water partition coefficient (Wildman–Crippen LogP) is 2.59. The first-order chi connectivity index (χ1) is 6.86. The highest BCUT2D eigenvalue weighted by atomic mass is 32.1. The monoisotopic (exact) mass is 208 g/mol. The molecule has 0 saturated heterocycles. The molecule has 3 nitrogen and oxygen atoms in total. The van der Waals surface area contributed by atoms with Gasteiger partial charge in [0.1, 0.15) is 6.26 Å². The lowest BCUT2D eigenvalue weighted by atomic mass is 10.2. The maximum absolute atomic E-state index is 4.75. The van der Waals surface area contributed by atoms with Crippen molar-refractivity contribution in [2.75, 3.05) is 0 Å². The molecule has 1 atom stereocenters. The normalized spacial score (nSPS) is 12.9. The van der Waals surface area contributed by atoms with E-state index in [2.05, 4.69) is 34.2 Å². The molecular weight excluding hydrogens is 196 g/mol. The molecule has 14 heavy (non-hydrogen) atoms. The van der Waals surface area contributed by atoms with E-state index < -0.39 is 0 Å². The molecule has 0 bridgehead atoms. The third-order valence-corrected chi connectivity index (χ3v) is 2.83. The van der Waals surface area contributed by atoms with Crippen molar-refractivity contribution in [1.29, 1.82) is 0 Å². The highest BCUT2D eigenvalue weighted by Gasteiger charge is 2.05. The van der Waals surface area contributed by atoms with Gasteiger partial charge >= 0.3 is 0 Å². The highest BCUT2D eigenvalue weighted by molar-refractivity contribution is 7.07. The van der Waals surface area contributed by atoms with Crippen LogP contribution in [-0.2, 0) is 6.54 Å². The zero-order chi connectivity index (χ0) is 9.80. The first-order valence-electron chi connectivity index (χ1n) is 4.51. The van der Waals surface area contributed by atoms with Gasteiger partial charge in [-0.15, -0.1) is 0 Å². The van der Waals surface area contributed by atoms with Crippen LogP contribution >= 0.6 is 11.3 Å². The van der Waals surface area contributed by atoms with Crippen LogP contribution in [0.5, 0.6) is 0 Å². The Bertz CT molecular complexity index is 355. The zero-order valence-corrected chi connectivity index (χ0v) is 8.75. The molecule has 2 aromatic rings. The summed E-state index contributed by atoms with van der Waals surface area (Å²) in [4.78, 5) is 0. The van der Waals surface area contributed by atoms with Crippen LogP contribution in [0, 0.1) is 0 Å². The van der Waals surface area contributed by atoms with Crippen molar-refractivity contribution >= 4 is 11.3 Å². The smallest absolute Gasteiger partial charge is 0.124 e. The Morgan fingerprint density at radius 1 is 1.57 bits per heavy atom. The lowest BCUT2D eigenvalue weighted by Crippen LogP contribution is -2.17. The molecule has 2 aromatic heterocycles. The lowest BCUT2D eigenvalue weighted by Gasteiger charge is -2.10. The third kappa shape index (κ3) is 2.21. The van der Waals surface area contributed by atoms with Crippen molar-refractivity contribution < 1.29 is 4.52 Å². The van der Waals surface area contributed by atoms with Gasteiger partial charge in [0.05, 0.1) is 5.69 Å². The van der Waals surface area contributed by atoms with Crippen molar-refractivity contribution in [3.63, 3.8) is 0 Å². The van der Waals surface area contributed by atoms with Crippen LogP contribution in [0.1, 0.15) is 24.2 Å². The minimum Gasteiger partial charge on any atom is -0.364 e. The molecule has 4 heteroatoms. The molecule has 0 fully saturated rings. The molecule has 74 valence electrons. The fraction of sp³-hybridized carbons (Fsp3) is 0.300. The number of aromatic nitrogens is 1. The molecule has 0 aliphatic heterocycles. The zero-order valence-electron chi connectivity index (χ0n) is 7.93. The van der Waals surface area contributed by atoms with Gasteiger partial charge in [0.25, 0.3) is 0 Å². The predicted molar refractivity (Wildman–Crippen MR) is 56.1 cm³/mol. The standard InChI is InChI=1S/C10H12N2OS/c1-8(9-3-5-14-7-9)11-6-10-2-4-13-12-10/h2-5,7-8,11H,6H2,1H3. The highest BCUT2D eigenvalue weighted by Crippen LogP contribution is 2.15. The summed E-state index contributed by atoms with van der Waals surface area (Å²) in [6.07, 6.45) is 1.59. The molecule has 1 unspecified atom stereocenters. The fourth-order valence-electron chi connectivity index (χ4n) is 1.23. The Balaban J connectivity index is 1.87.